The summed E-state index contributed by atoms with van der Waals surface area (Å²) in [4.78, 5) is 18.4. The van der Waals surface area contributed by atoms with Crippen LogP contribution in [0, 0.1) is 6.92 Å². The van der Waals surface area contributed by atoms with Gasteiger partial charge in [0.25, 0.3) is 5.56 Å². The Morgan fingerprint density at radius 1 is 1.00 bits per heavy atom. The van der Waals surface area contributed by atoms with Crippen molar-refractivity contribution < 1.29 is 8.42 Å². The second-order valence-corrected chi connectivity index (χ2v) is 10.0. The van der Waals surface area contributed by atoms with Crippen molar-refractivity contribution in [1.29, 1.82) is 0 Å². The van der Waals surface area contributed by atoms with Crippen LogP contribution in [0.1, 0.15) is 63.9 Å². The molecule has 32 heavy (non-hydrogen) atoms. The van der Waals surface area contributed by atoms with Gasteiger partial charge in [0.1, 0.15) is 5.82 Å². The third-order valence-corrected chi connectivity index (χ3v) is 7.65. The second-order valence-electron chi connectivity index (χ2n) is 8.15. The number of unbranched alkanes of at least 4 members (excludes halogenated alkanes) is 1. The molecule has 0 saturated heterocycles. The zero-order valence-electron chi connectivity index (χ0n) is 19.4. The molecule has 7 heteroatoms. The van der Waals surface area contributed by atoms with Gasteiger partial charge in [-0.05, 0) is 50.5 Å². The summed E-state index contributed by atoms with van der Waals surface area (Å²) in [5, 5.41) is 0.557. The highest BCUT2D eigenvalue weighted by Gasteiger charge is 2.34. The summed E-state index contributed by atoms with van der Waals surface area (Å²) in [6.07, 6.45) is 2.86. The van der Waals surface area contributed by atoms with Crippen molar-refractivity contribution in [3.8, 4) is 0 Å². The average Bonchev–Trinajstić information content (AvgIpc) is 2.79. The van der Waals surface area contributed by atoms with Gasteiger partial charge in [0.05, 0.1) is 21.8 Å². The van der Waals surface area contributed by atoms with E-state index in [-0.39, 0.29) is 10.5 Å². The predicted molar refractivity (Wildman–Crippen MR) is 129 cm³/mol. The minimum Gasteiger partial charge on any atom is -0.295 e. The zero-order valence-corrected chi connectivity index (χ0v) is 20.2. The van der Waals surface area contributed by atoms with E-state index in [2.05, 4.69) is 0 Å². The van der Waals surface area contributed by atoms with Crippen LogP contribution in [-0.2, 0) is 16.6 Å². The van der Waals surface area contributed by atoms with Gasteiger partial charge in [-0.2, -0.15) is 4.31 Å². The van der Waals surface area contributed by atoms with E-state index < -0.39 is 16.1 Å². The van der Waals surface area contributed by atoms with E-state index in [1.54, 1.807) is 27.1 Å². The lowest BCUT2D eigenvalue weighted by Gasteiger charge is -2.31. The Morgan fingerprint density at radius 2 is 1.69 bits per heavy atom. The molecule has 0 amide bonds. The number of benzene rings is 2. The highest BCUT2D eigenvalue weighted by atomic mass is 32.2. The Balaban J connectivity index is 2.22. The number of hydrogen-bond acceptors (Lipinski definition) is 4. The van der Waals surface area contributed by atoms with E-state index in [0.717, 1.165) is 24.8 Å². The zero-order chi connectivity index (χ0) is 23.3. The molecule has 0 N–H and O–H groups in total. The lowest BCUT2D eigenvalue weighted by atomic mass is 10.1. The molecule has 172 valence electrons. The van der Waals surface area contributed by atoms with Crippen LogP contribution in [0.15, 0.2) is 58.2 Å². The van der Waals surface area contributed by atoms with Crippen molar-refractivity contribution in [2.45, 2.75) is 70.9 Å². The highest BCUT2D eigenvalue weighted by molar-refractivity contribution is 7.89. The van der Waals surface area contributed by atoms with Gasteiger partial charge in [0.15, 0.2) is 0 Å². The van der Waals surface area contributed by atoms with Crippen LogP contribution in [0.5, 0.6) is 0 Å². The number of para-hydroxylation sites is 1. The summed E-state index contributed by atoms with van der Waals surface area (Å²) in [5.41, 5.74) is 1.49. The number of aromatic nitrogens is 2. The Labute approximate surface area is 191 Å². The SMILES string of the molecule is CCCCN(C(CC)c1nc2ccccc2c(=O)n1CCC)S(=O)(=O)c1ccc(C)cc1. The van der Waals surface area contributed by atoms with E-state index in [1.165, 1.54) is 0 Å². The number of rotatable bonds is 10. The van der Waals surface area contributed by atoms with E-state index in [0.29, 0.717) is 36.2 Å². The van der Waals surface area contributed by atoms with Crippen LogP contribution >= 0.6 is 0 Å². The Hall–Kier alpha value is -2.51. The van der Waals surface area contributed by atoms with E-state index in [1.807, 2.05) is 58.0 Å². The maximum atomic E-state index is 13.8. The van der Waals surface area contributed by atoms with Gasteiger partial charge in [0.2, 0.25) is 10.0 Å². The third kappa shape index (κ3) is 4.79. The minimum absolute atomic E-state index is 0.117. The Bertz CT molecular complexity index is 1220. The molecule has 0 aliphatic carbocycles. The van der Waals surface area contributed by atoms with Crippen LogP contribution in [0.2, 0.25) is 0 Å². The highest BCUT2D eigenvalue weighted by Crippen LogP contribution is 2.30. The summed E-state index contributed by atoms with van der Waals surface area (Å²) < 4.78 is 30.7. The van der Waals surface area contributed by atoms with E-state index in [9.17, 15) is 13.2 Å². The van der Waals surface area contributed by atoms with Crippen LogP contribution in [0.3, 0.4) is 0 Å². The fourth-order valence-electron chi connectivity index (χ4n) is 4.00. The van der Waals surface area contributed by atoms with Gasteiger partial charge in [-0.3, -0.25) is 9.36 Å². The monoisotopic (exact) mass is 455 g/mol. The number of fused-ring (bicyclic) bond motifs is 1. The standard InChI is InChI=1S/C25H33N3O3S/c1-5-8-18-28(32(30,31)20-15-13-19(4)14-16-20)23(7-3)24-26-22-12-10-9-11-21(22)25(29)27(24)17-6-2/h9-16,23H,5-8,17-18H2,1-4H3. The first kappa shape index (κ1) is 24.1. The molecule has 1 unspecified atom stereocenters. The molecule has 0 aliphatic rings. The molecule has 0 bridgehead atoms. The lowest BCUT2D eigenvalue weighted by Crippen LogP contribution is -2.39. The molecule has 1 heterocycles. The largest absolute Gasteiger partial charge is 0.295 e. The van der Waals surface area contributed by atoms with Crippen molar-refractivity contribution in [3.05, 3.63) is 70.3 Å². The second kappa shape index (κ2) is 10.4. The molecule has 0 fully saturated rings. The topological polar surface area (TPSA) is 72.3 Å². The predicted octanol–water partition coefficient (Wildman–Crippen LogP) is 5.06. The number of sulfonamides is 1. The summed E-state index contributed by atoms with van der Waals surface area (Å²) in [5.74, 6) is 0.518. The van der Waals surface area contributed by atoms with Crippen molar-refractivity contribution in [2.24, 2.45) is 0 Å². The van der Waals surface area contributed by atoms with Crippen molar-refractivity contribution >= 4 is 20.9 Å². The molecule has 0 spiro atoms. The first-order valence-electron chi connectivity index (χ1n) is 11.4. The van der Waals surface area contributed by atoms with Gasteiger partial charge in [0, 0.05) is 13.1 Å². The van der Waals surface area contributed by atoms with Gasteiger partial charge in [-0.25, -0.2) is 13.4 Å². The van der Waals surface area contributed by atoms with Crippen molar-refractivity contribution in [2.75, 3.05) is 6.54 Å². The lowest BCUT2D eigenvalue weighted by molar-refractivity contribution is 0.290. The summed E-state index contributed by atoms with van der Waals surface area (Å²) >= 11 is 0. The minimum atomic E-state index is -3.77. The maximum absolute atomic E-state index is 13.8. The molecular formula is C25H33N3O3S. The quantitative estimate of drug-likeness (QED) is 0.428. The van der Waals surface area contributed by atoms with Gasteiger partial charge < -0.3 is 0 Å². The molecule has 1 aromatic heterocycles. The van der Waals surface area contributed by atoms with E-state index in [4.69, 9.17) is 4.98 Å². The van der Waals surface area contributed by atoms with Gasteiger partial charge in [-0.15, -0.1) is 0 Å². The van der Waals surface area contributed by atoms with Crippen LogP contribution < -0.4 is 5.56 Å². The van der Waals surface area contributed by atoms with Crippen molar-refractivity contribution in [3.63, 3.8) is 0 Å². The van der Waals surface area contributed by atoms with Gasteiger partial charge in [-0.1, -0.05) is 57.0 Å². The number of hydrogen-bond donors (Lipinski definition) is 0. The smallest absolute Gasteiger partial charge is 0.261 e. The molecule has 1 atom stereocenters. The third-order valence-electron chi connectivity index (χ3n) is 5.73. The molecule has 0 saturated carbocycles. The molecule has 0 aliphatic heterocycles. The molecule has 6 nitrogen and oxygen atoms in total. The van der Waals surface area contributed by atoms with Gasteiger partial charge >= 0.3 is 0 Å². The fraction of sp³-hybridized carbons (Fsp3) is 0.440. The summed E-state index contributed by atoms with van der Waals surface area (Å²) in [6, 6.07) is 13.7. The number of nitrogens with zero attached hydrogens (tertiary/aromatic N) is 3. The van der Waals surface area contributed by atoms with Crippen LogP contribution in [0.4, 0.5) is 0 Å². The van der Waals surface area contributed by atoms with Crippen molar-refractivity contribution in [1.82, 2.24) is 13.9 Å². The molecular weight excluding hydrogens is 422 g/mol. The normalized spacial score (nSPS) is 13.0. The first-order chi connectivity index (χ1) is 15.3. The number of aryl methyl sites for hydroxylation is 1. The maximum Gasteiger partial charge on any atom is 0.261 e. The van der Waals surface area contributed by atoms with E-state index >= 15 is 0 Å². The molecule has 0 radical (unpaired) electrons. The Morgan fingerprint density at radius 3 is 2.31 bits per heavy atom. The van der Waals surface area contributed by atoms with Crippen LogP contribution in [0.25, 0.3) is 10.9 Å². The summed E-state index contributed by atoms with van der Waals surface area (Å²) in [6.45, 7) is 8.80. The molecule has 3 rings (SSSR count). The van der Waals surface area contributed by atoms with Crippen LogP contribution in [-0.4, -0.2) is 28.8 Å². The molecule has 3 aromatic rings. The fourth-order valence-corrected chi connectivity index (χ4v) is 5.70. The Kier molecular flexibility index (Phi) is 7.85. The average molecular weight is 456 g/mol. The summed E-state index contributed by atoms with van der Waals surface area (Å²) in [7, 11) is -3.77. The first-order valence-corrected chi connectivity index (χ1v) is 12.9. The molecule has 2 aromatic carbocycles.